The number of nitrogens with zero attached hydrogens (tertiary/aromatic N) is 2. The van der Waals surface area contributed by atoms with Crippen LogP contribution in [0, 0.1) is 0 Å². The molecule has 2 aromatic rings. The van der Waals surface area contributed by atoms with Crippen molar-refractivity contribution in [2.45, 2.75) is 43.5 Å². The van der Waals surface area contributed by atoms with Crippen LogP contribution >= 0.6 is 23.4 Å². The summed E-state index contributed by atoms with van der Waals surface area (Å²) in [7, 11) is 0. The number of hydrogen-bond acceptors (Lipinski definition) is 4. The molecule has 2 unspecified atom stereocenters. The van der Waals surface area contributed by atoms with E-state index in [1.807, 2.05) is 64.4 Å². The summed E-state index contributed by atoms with van der Waals surface area (Å²) in [6, 6.07) is 15.6. The Morgan fingerprint density at radius 1 is 1.09 bits per heavy atom. The molecular weight excluding hydrogens is 468 g/mol. The second-order valence-corrected chi connectivity index (χ2v) is 10.8. The molecule has 2 amide bonds. The SMILES string of the molecule is O=C(c1ccc(/C=C2/SC3CCCCC3N(Cc3cccc(Cl)c3)C2=O)cc1)N1CCOCC1. The number of thioether (sulfide) groups is 1. The predicted molar refractivity (Wildman–Crippen MR) is 137 cm³/mol. The van der Waals surface area contributed by atoms with Crippen LogP contribution in [0.4, 0.5) is 0 Å². The fourth-order valence-electron chi connectivity index (χ4n) is 5.02. The zero-order valence-corrected chi connectivity index (χ0v) is 20.7. The number of carbonyl (C=O) groups is 2. The van der Waals surface area contributed by atoms with Crippen molar-refractivity contribution in [1.82, 2.24) is 9.80 Å². The standard InChI is InChI=1S/C27H29ClN2O3S/c28-22-5-3-4-20(16-22)18-30-23-6-1-2-7-24(23)34-25(27(30)32)17-19-8-10-21(11-9-19)26(31)29-12-14-33-15-13-29/h3-5,8-11,16-17,23-24H,1-2,6-7,12-15,18H2/b25-17+. The summed E-state index contributed by atoms with van der Waals surface area (Å²) in [4.78, 5) is 31.0. The molecule has 178 valence electrons. The molecule has 5 rings (SSSR count). The molecular formula is C27H29ClN2O3S. The lowest BCUT2D eigenvalue weighted by Crippen LogP contribution is -2.50. The Morgan fingerprint density at radius 3 is 2.62 bits per heavy atom. The van der Waals surface area contributed by atoms with E-state index in [1.54, 1.807) is 11.8 Å². The summed E-state index contributed by atoms with van der Waals surface area (Å²) >= 11 is 7.93. The Balaban J connectivity index is 1.36. The van der Waals surface area contributed by atoms with Gasteiger partial charge in [0.2, 0.25) is 0 Å². The molecule has 3 fully saturated rings. The number of rotatable bonds is 4. The number of amides is 2. The Labute approximate surface area is 210 Å². The Hall–Kier alpha value is -2.28. The number of halogens is 1. The molecule has 5 nitrogen and oxygen atoms in total. The Bertz CT molecular complexity index is 1080. The number of morpholine rings is 1. The van der Waals surface area contributed by atoms with E-state index in [-0.39, 0.29) is 17.9 Å². The molecule has 0 aromatic heterocycles. The van der Waals surface area contributed by atoms with Gasteiger partial charge in [-0.15, -0.1) is 11.8 Å². The smallest absolute Gasteiger partial charge is 0.260 e. The quantitative estimate of drug-likeness (QED) is 0.543. The molecule has 2 atom stereocenters. The summed E-state index contributed by atoms with van der Waals surface area (Å²) in [6.07, 6.45) is 6.53. The van der Waals surface area contributed by atoms with Crippen molar-refractivity contribution in [3.8, 4) is 0 Å². The van der Waals surface area contributed by atoms with Gasteiger partial charge in [-0.05, 0) is 54.3 Å². The molecule has 2 saturated heterocycles. The third-order valence-corrected chi connectivity index (χ3v) is 8.45. The first-order valence-electron chi connectivity index (χ1n) is 12.0. The third kappa shape index (κ3) is 5.19. The maximum atomic E-state index is 13.6. The molecule has 0 bridgehead atoms. The summed E-state index contributed by atoms with van der Waals surface area (Å²) in [5.74, 6) is 0.116. The number of benzene rings is 2. The third-order valence-electron chi connectivity index (χ3n) is 6.81. The molecule has 0 N–H and O–H groups in total. The van der Waals surface area contributed by atoms with Gasteiger partial charge in [0.05, 0.1) is 18.1 Å². The molecule has 2 aromatic carbocycles. The lowest BCUT2D eigenvalue weighted by Gasteiger charge is -2.44. The number of carbonyl (C=O) groups excluding carboxylic acids is 2. The zero-order valence-electron chi connectivity index (χ0n) is 19.1. The highest BCUT2D eigenvalue weighted by Gasteiger charge is 2.40. The fourth-order valence-corrected chi connectivity index (χ4v) is 6.70. The van der Waals surface area contributed by atoms with Crippen LogP contribution in [-0.4, -0.2) is 59.2 Å². The Morgan fingerprint density at radius 2 is 1.85 bits per heavy atom. The normalized spacial score (nSPS) is 24.3. The van der Waals surface area contributed by atoms with Gasteiger partial charge in [0.25, 0.3) is 11.8 Å². The van der Waals surface area contributed by atoms with E-state index in [1.165, 1.54) is 12.8 Å². The lowest BCUT2D eigenvalue weighted by atomic mass is 9.92. The van der Waals surface area contributed by atoms with E-state index in [9.17, 15) is 9.59 Å². The molecule has 2 heterocycles. The van der Waals surface area contributed by atoms with Crippen LogP contribution in [0.25, 0.3) is 6.08 Å². The van der Waals surface area contributed by atoms with Crippen molar-refractivity contribution < 1.29 is 14.3 Å². The largest absolute Gasteiger partial charge is 0.378 e. The maximum absolute atomic E-state index is 13.6. The highest BCUT2D eigenvalue weighted by atomic mass is 35.5. The van der Waals surface area contributed by atoms with E-state index in [0.717, 1.165) is 28.9 Å². The zero-order chi connectivity index (χ0) is 23.5. The first-order chi connectivity index (χ1) is 16.6. The van der Waals surface area contributed by atoms with Gasteiger partial charge in [-0.2, -0.15) is 0 Å². The van der Waals surface area contributed by atoms with Crippen molar-refractivity contribution >= 4 is 41.3 Å². The maximum Gasteiger partial charge on any atom is 0.260 e. The van der Waals surface area contributed by atoms with Crippen LogP contribution in [0.3, 0.4) is 0 Å². The van der Waals surface area contributed by atoms with E-state index in [0.29, 0.717) is 48.7 Å². The number of ether oxygens (including phenoxy) is 1. The molecule has 3 aliphatic rings. The number of hydrogen-bond donors (Lipinski definition) is 0. The second-order valence-electron chi connectivity index (χ2n) is 9.11. The van der Waals surface area contributed by atoms with E-state index in [4.69, 9.17) is 16.3 Å². The van der Waals surface area contributed by atoms with Crippen molar-refractivity contribution in [2.75, 3.05) is 26.3 Å². The van der Waals surface area contributed by atoms with Gasteiger partial charge in [-0.25, -0.2) is 0 Å². The molecule has 2 aliphatic heterocycles. The molecule has 1 saturated carbocycles. The van der Waals surface area contributed by atoms with Crippen LogP contribution in [-0.2, 0) is 16.1 Å². The molecule has 34 heavy (non-hydrogen) atoms. The van der Waals surface area contributed by atoms with E-state index < -0.39 is 0 Å². The summed E-state index contributed by atoms with van der Waals surface area (Å²) < 4.78 is 5.34. The number of fused-ring (bicyclic) bond motifs is 1. The van der Waals surface area contributed by atoms with Crippen LogP contribution in [0.15, 0.2) is 53.4 Å². The van der Waals surface area contributed by atoms with Crippen LogP contribution in [0.5, 0.6) is 0 Å². The van der Waals surface area contributed by atoms with Gasteiger partial charge in [0, 0.05) is 41.5 Å². The fraction of sp³-hybridized carbons (Fsp3) is 0.407. The summed E-state index contributed by atoms with van der Waals surface area (Å²) in [5.41, 5.74) is 2.66. The Kier molecular flexibility index (Phi) is 7.28. The van der Waals surface area contributed by atoms with Crippen molar-refractivity contribution in [3.05, 3.63) is 75.1 Å². The second kappa shape index (κ2) is 10.5. The summed E-state index contributed by atoms with van der Waals surface area (Å²) in [6.45, 7) is 3.00. The van der Waals surface area contributed by atoms with Gasteiger partial charge >= 0.3 is 0 Å². The van der Waals surface area contributed by atoms with Crippen molar-refractivity contribution in [1.29, 1.82) is 0 Å². The van der Waals surface area contributed by atoms with Gasteiger partial charge < -0.3 is 14.5 Å². The minimum Gasteiger partial charge on any atom is -0.378 e. The molecule has 1 aliphatic carbocycles. The molecule has 7 heteroatoms. The van der Waals surface area contributed by atoms with Crippen LogP contribution in [0.1, 0.15) is 47.2 Å². The highest BCUT2D eigenvalue weighted by Crippen LogP contribution is 2.42. The average molecular weight is 497 g/mol. The first kappa shape index (κ1) is 23.5. The predicted octanol–water partition coefficient (Wildman–Crippen LogP) is 5.24. The molecule has 0 radical (unpaired) electrons. The topological polar surface area (TPSA) is 49.9 Å². The van der Waals surface area contributed by atoms with Gasteiger partial charge in [0.15, 0.2) is 0 Å². The monoisotopic (exact) mass is 496 g/mol. The average Bonchev–Trinajstić information content (AvgIpc) is 2.87. The van der Waals surface area contributed by atoms with Gasteiger partial charge in [0.1, 0.15) is 0 Å². The molecule has 0 spiro atoms. The highest BCUT2D eigenvalue weighted by molar-refractivity contribution is 8.04. The van der Waals surface area contributed by atoms with Gasteiger partial charge in [-0.1, -0.05) is 48.7 Å². The van der Waals surface area contributed by atoms with Crippen molar-refractivity contribution in [3.63, 3.8) is 0 Å². The van der Waals surface area contributed by atoms with Crippen LogP contribution in [0.2, 0.25) is 5.02 Å². The lowest BCUT2D eigenvalue weighted by molar-refractivity contribution is -0.130. The summed E-state index contributed by atoms with van der Waals surface area (Å²) in [5, 5.41) is 1.11. The van der Waals surface area contributed by atoms with E-state index in [2.05, 4.69) is 0 Å². The van der Waals surface area contributed by atoms with E-state index >= 15 is 0 Å². The van der Waals surface area contributed by atoms with Crippen LogP contribution < -0.4 is 0 Å². The minimum atomic E-state index is 0.0309. The minimum absolute atomic E-state index is 0.0309. The van der Waals surface area contributed by atoms with Crippen molar-refractivity contribution in [2.24, 2.45) is 0 Å². The van der Waals surface area contributed by atoms with Gasteiger partial charge in [-0.3, -0.25) is 9.59 Å². The first-order valence-corrected chi connectivity index (χ1v) is 13.2.